The number of methoxy groups -OCH3 is 1. The smallest absolute Gasteiger partial charge is 0.227 e. The number of aromatic nitrogens is 2. The topological polar surface area (TPSA) is 58.2 Å². The summed E-state index contributed by atoms with van der Waals surface area (Å²) < 4.78 is 5.38. The standard InChI is InChI=1S/C18H17N3O2S/c1-23-15-6-3-2-5-14(15)21-11-12(9-17(21)22)18-19-10-13(20-18)16-7-4-8-24-16/h2-8,10,12H,9,11H2,1H3,(H,19,20). The van der Waals surface area contributed by atoms with Crippen LogP contribution in [0.1, 0.15) is 18.2 Å². The lowest BCUT2D eigenvalue weighted by atomic mass is 10.1. The molecule has 3 heterocycles. The second-order valence-corrected chi connectivity index (χ2v) is 6.68. The van der Waals surface area contributed by atoms with Gasteiger partial charge in [0.25, 0.3) is 0 Å². The van der Waals surface area contributed by atoms with E-state index in [1.165, 1.54) is 0 Å². The summed E-state index contributed by atoms with van der Waals surface area (Å²) in [5.74, 6) is 1.74. The summed E-state index contributed by atoms with van der Waals surface area (Å²) in [6.45, 7) is 0.608. The average molecular weight is 339 g/mol. The molecule has 1 fully saturated rings. The van der Waals surface area contributed by atoms with E-state index in [0.29, 0.717) is 18.7 Å². The molecule has 2 aromatic heterocycles. The van der Waals surface area contributed by atoms with Crippen LogP contribution in [0.2, 0.25) is 0 Å². The number of nitrogens with one attached hydrogen (secondary N) is 1. The van der Waals surface area contributed by atoms with E-state index in [9.17, 15) is 4.79 Å². The molecule has 1 unspecified atom stereocenters. The molecule has 3 aromatic rings. The van der Waals surface area contributed by atoms with Crippen molar-refractivity contribution in [3.63, 3.8) is 0 Å². The van der Waals surface area contributed by atoms with Crippen LogP contribution in [0, 0.1) is 0 Å². The lowest BCUT2D eigenvalue weighted by Gasteiger charge is -2.19. The van der Waals surface area contributed by atoms with Crippen molar-refractivity contribution >= 4 is 22.9 Å². The van der Waals surface area contributed by atoms with Crippen LogP contribution in [0.15, 0.2) is 48.0 Å². The summed E-state index contributed by atoms with van der Waals surface area (Å²) in [7, 11) is 1.62. The number of H-pyrrole nitrogens is 1. The van der Waals surface area contributed by atoms with Gasteiger partial charge in [0.05, 0.1) is 29.6 Å². The van der Waals surface area contributed by atoms with Crippen molar-refractivity contribution in [1.29, 1.82) is 0 Å². The summed E-state index contributed by atoms with van der Waals surface area (Å²) in [6.07, 6.45) is 2.30. The Balaban J connectivity index is 1.58. The summed E-state index contributed by atoms with van der Waals surface area (Å²) in [5, 5.41) is 2.04. The van der Waals surface area contributed by atoms with Gasteiger partial charge in [0.1, 0.15) is 11.6 Å². The molecule has 1 atom stereocenters. The number of imidazole rings is 1. The third-order valence-electron chi connectivity index (χ3n) is 4.27. The normalized spacial score (nSPS) is 17.5. The molecule has 1 aromatic carbocycles. The van der Waals surface area contributed by atoms with Crippen LogP contribution < -0.4 is 9.64 Å². The summed E-state index contributed by atoms with van der Waals surface area (Å²) in [4.78, 5) is 23.3. The van der Waals surface area contributed by atoms with E-state index in [1.807, 2.05) is 41.9 Å². The van der Waals surface area contributed by atoms with Crippen molar-refractivity contribution in [3.8, 4) is 16.3 Å². The number of nitrogens with zero attached hydrogens (tertiary/aromatic N) is 2. The van der Waals surface area contributed by atoms with Gasteiger partial charge in [-0.2, -0.15) is 0 Å². The van der Waals surface area contributed by atoms with Crippen LogP contribution >= 0.6 is 11.3 Å². The number of aromatic amines is 1. The van der Waals surface area contributed by atoms with Crippen molar-refractivity contribution in [2.24, 2.45) is 0 Å². The number of rotatable bonds is 4. The molecule has 1 amide bonds. The molecule has 1 N–H and O–H groups in total. The number of hydrogen-bond donors (Lipinski definition) is 1. The van der Waals surface area contributed by atoms with E-state index in [4.69, 9.17) is 4.74 Å². The number of para-hydroxylation sites is 2. The van der Waals surface area contributed by atoms with Gasteiger partial charge in [0.2, 0.25) is 5.91 Å². The fourth-order valence-electron chi connectivity index (χ4n) is 3.08. The highest BCUT2D eigenvalue weighted by atomic mass is 32.1. The molecular weight excluding hydrogens is 322 g/mol. The number of hydrogen-bond acceptors (Lipinski definition) is 4. The SMILES string of the molecule is COc1ccccc1N1CC(c2ncc(-c3cccs3)[nH]2)CC1=O. The van der Waals surface area contributed by atoms with E-state index in [2.05, 4.69) is 16.0 Å². The first kappa shape index (κ1) is 15.0. The number of ether oxygens (including phenoxy) is 1. The zero-order chi connectivity index (χ0) is 16.5. The number of benzene rings is 1. The van der Waals surface area contributed by atoms with Crippen LogP contribution in [0.5, 0.6) is 5.75 Å². The highest BCUT2D eigenvalue weighted by Crippen LogP contribution is 2.36. The van der Waals surface area contributed by atoms with Gasteiger partial charge in [-0.1, -0.05) is 18.2 Å². The maximum atomic E-state index is 12.5. The molecule has 0 aliphatic carbocycles. The Kier molecular flexibility index (Phi) is 3.82. The average Bonchev–Trinajstić information content (AvgIpc) is 3.34. The Morgan fingerprint density at radius 2 is 2.17 bits per heavy atom. The van der Waals surface area contributed by atoms with E-state index in [-0.39, 0.29) is 11.8 Å². The molecular formula is C18H17N3O2S. The third kappa shape index (κ3) is 2.59. The van der Waals surface area contributed by atoms with Crippen molar-refractivity contribution in [1.82, 2.24) is 9.97 Å². The van der Waals surface area contributed by atoms with Crippen molar-refractivity contribution in [2.75, 3.05) is 18.6 Å². The van der Waals surface area contributed by atoms with E-state index < -0.39 is 0 Å². The molecule has 1 aliphatic heterocycles. The minimum Gasteiger partial charge on any atom is -0.495 e. The molecule has 4 rings (SSSR count). The molecule has 0 spiro atoms. The van der Waals surface area contributed by atoms with E-state index >= 15 is 0 Å². The monoisotopic (exact) mass is 339 g/mol. The molecule has 0 radical (unpaired) electrons. The van der Waals surface area contributed by atoms with Crippen molar-refractivity contribution in [3.05, 3.63) is 53.8 Å². The second kappa shape index (κ2) is 6.13. The summed E-state index contributed by atoms with van der Waals surface area (Å²) >= 11 is 1.67. The number of thiophene rings is 1. The number of carbonyl (C=O) groups is 1. The van der Waals surface area contributed by atoms with Gasteiger partial charge < -0.3 is 14.6 Å². The molecule has 122 valence electrons. The molecule has 1 saturated heterocycles. The van der Waals surface area contributed by atoms with Gasteiger partial charge in [0, 0.05) is 18.9 Å². The summed E-state index contributed by atoms with van der Waals surface area (Å²) in [6, 6.07) is 11.7. The van der Waals surface area contributed by atoms with E-state index in [0.717, 1.165) is 22.1 Å². The first-order valence-corrected chi connectivity index (χ1v) is 8.66. The van der Waals surface area contributed by atoms with Crippen LogP contribution in [0.4, 0.5) is 5.69 Å². The van der Waals surface area contributed by atoms with E-state index in [1.54, 1.807) is 23.3 Å². The van der Waals surface area contributed by atoms with Crippen LogP contribution in [-0.4, -0.2) is 29.5 Å². The molecule has 6 heteroatoms. The lowest BCUT2D eigenvalue weighted by molar-refractivity contribution is -0.117. The summed E-state index contributed by atoms with van der Waals surface area (Å²) in [5.41, 5.74) is 1.82. The number of anilines is 1. The highest BCUT2D eigenvalue weighted by molar-refractivity contribution is 7.13. The Morgan fingerprint density at radius 1 is 1.29 bits per heavy atom. The second-order valence-electron chi connectivity index (χ2n) is 5.74. The Bertz CT molecular complexity index is 857. The predicted octanol–water partition coefficient (Wildman–Crippen LogP) is 3.67. The van der Waals surface area contributed by atoms with Gasteiger partial charge in [-0.05, 0) is 23.6 Å². The van der Waals surface area contributed by atoms with Gasteiger partial charge in [-0.3, -0.25) is 4.79 Å². The predicted molar refractivity (Wildman–Crippen MR) is 94.6 cm³/mol. The fraction of sp³-hybridized carbons (Fsp3) is 0.222. The Hall–Kier alpha value is -2.60. The zero-order valence-electron chi connectivity index (χ0n) is 13.2. The third-order valence-corrected chi connectivity index (χ3v) is 5.17. The Morgan fingerprint density at radius 3 is 2.96 bits per heavy atom. The maximum Gasteiger partial charge on any atom is 0.227 e. The zero-order valence-corrected chi connectivity index (χ0v) is 14.0. The maximum absolute atomic E-state index is 12.5. The van der Waals surface area contributed by atoms with Gasteiger partial charge >= 0.3 is 0 Å². The van der Waals surface area contributed by atoms with Gasteiger partial charge in [0.15, 0.2) is 0 Å². The van der Waals surface area contributed by atoms with Crippen LogP contribution in [0.3, 0.4) is 0 Å². The minimum absolute atomic E-state index is 0.0659. The lowest BCUT2D eigenvalue weighted by Crippen LogP contribution is -2.24. The number of carbonyl (C=O) groups excluding carboxylic acids is 1. The van der Waals surface area contributed by atoms with Gasteiger partial charge in [-0.25, -0.2) is 4.98 Å². The molecule has 0 bridgehead atoms. The molecule has 1 aliphatic rings. The fourth-order valence-corrected chi connectivity index (χ4v) is 3.77. The first-order valence-electron chi connectivity index (χ1n) is 7.78. The molecule has 24 heavy (non-hydrogen) atoms. The van der Waals surface area contributed by atoms with Crippen molar-refractivity contribution in [2.45, 2.75) is 12.3 Å². The quantitative estimate of drug-likeness (QED) is 0.789. The van der Waals surface area contributed by atoms with Crippen molar-refractivity contribution < 1.29 is 9.53 Å². The first-order chi connectivity index (χ1) is 11.8. The highest BCUT2D eigenvalue weighted by Gasteiger charge is 2.34. The number of amides is 1. The largest absolute Gasteiger partial charge is 0.495 e. The molecule has 5 nitrogen and oxygen atoms in total. The Labute approximate surface area is 143 Å². The van der Waals surface area contributed by atoms with Gasteiger partial charge in [-0.15, -0.1) is 11.3 Å². The molecule has 0 saturated carbocycles. The van der Waals surface area contributed by atoms with Crippen LogP contribution in [0.25, 0.3) is 10.6 Å². The minimum atomic E-state index is 0.0659. The van der Waals surface area contributed by atoms with Crippen LogP contribution in [-0.2, 0) is 4.79 Å².